The Morgan fingerprint density at radius 1 is 0.880 bits per heavy atom. The molecule has 3 heteroatoms. The fourth-order valence-corrected chi connectivity index (χ4v) is 3.87. The fraction of sp³-hybridized carbons (Fsp3) is 0.318. The zero-order valence-electron chi connectivity index (χ0n) is 14.6. The molecule has 0 amide bonds. The van der Waals surface area contributed by atoms with Crippen LogP contribution < -0.4 is 0 Å². The molecular weight excluding hydrogens is 330 g/mol. The van der Waals surface area contributed by atoms with Gasteiger partial charge in [-0.3, -0.25) is 9.69 Å². The smallest absolute Gasteiger partial charge is 0.179 e. The van der Waals surface area contributed by atoms with Gasteiger partial charge in [0.2, 0.25) is 0 Å². The number of Topliss-reactive ketones (excluding diaryl/α,β-unsaturated/α-hetero) is 1. The van der Waals surface area contributed by atoms with Crippen molar-refractivity contribution in [2.75, 3.05) is 13.1 Å². The van der Waals surface area contributed by atoms with Crippen molar-refractivity contribution < 1.29 is 4.79 Å². The summed E-state index contributed by atoms with van der Waals surface area (Å²) in [4.78, 5) is 15.3. The van der Waals surface area contributed by atoms with Crippen LogP contribution in [0.4, 0.5) is 0 Å². The molecule has 4 rings (SSSR count). The van der Waals surface area contributed by atoms with Crippen LogP contribution in [0, 0.1) is 0 Å². The maximum Gasteiger partial charge on any atom is 0.179 e. The number of piperidine rings is 1. The number of fused-ring (bicyclic) bond motifs is 3. The van der Waals surface area contributed by atoms with E-state index in [-0.39, 0.29) is 24.2 Å². The van der Waals surface area contributed by atoms with Gasteiger partial charge in [0.1, 0.15) is 0 Å². The first-order valence-corrected chi connectivity index (χ1v) is 8.94. The van der Waals surface area contributed by atoms with Gasteiger partial charge in [-0.05, 0) is 60.5 Å². The first-order valence-electron chi connectivity index (χ1n) is 8.94. The largest absolute Gasteiger partial charge is 0.294 e. The molecule has 1 heterocycles. The highest BCUT2D eigenvalue weighted by molar-refractivity contribution is 6.11. The van der Waals surface area contributed by atoms with E-state index in [0.717, 1.165) is 18.7 Å². The minimum absolute atomic E-state index is 0. The molecule has 25 heavy (non-hydrogen) atoms. The van der Waals surface area contributed by atoms with Crippen molar-refractivity contribution in [3.05, 3.63) is 60.2 Å². The van der Waals surface area contributed by atoms with Gasteiger partial charge in [0, 0.05) is 5.56 Å². The van der Waals surface area contributed by atoms with Crippen molar-refractivity contribution in [1.82, 2.24) is 4.90 Å². The molecule has 0 saturated carbocycles. The van der Waals surface area contributed by atoms with E-state index in [0.29, 0.717) is 0 Å². The number of carbonyl (C=O) groups is 1. The van der Waals surface area contributed by atoms with Gasteiger partial charge in [-0.15, -0.1) is 12.4 Å². The number of nitrogens with zero attached hydrogens (tertiary/aromatic N) is 1. The molecule has 1 fully saturated rings. The molecule has 1 aliphatic rings. The minimum Gasteiger partial charge on any atom is -0.294 e. The average Bonchev–Trinajstić information content (AvgIpc) is 2.67. The third-order valence-electron chi connectivity index (χ3n) is 5.35. The van der Waals surface area contributed by atoms with E-state index in [2.05, 4.69) is 60.4 Å². The molecule has 0 spiro atoms. The lowest BCUT2D eigenvalue weighted by atomic mass is 9.96. The molecule has 3 aromatic rings. The Hall–Kier alpha value is -1.90. The summed E-state index contributed by atoms with van der Waals surface area (Å²) < 4.78 is 0. The number of halogens is 1. The lowest BCUT2D eigenvalue weighted by molar-refractivity contribution is 0.0809. The van der Waals surface area contributed by atoms with Crippen molar-refractivity contribution in [2.45, 2.75) is 32.2 Å². The Balaban J connectivity index is 0.00000182. The summed E-state index contributed by atoms with van der Waals surface area (Å²) in [5.74, 6) is 0.242. The van der Waals surface area contributed by atoms with Crippen LogP contribution in [0.15, 0.2) is 54.6 Å². The van der Waals surface area contributed by atoms with Gasteiger partial charge in [-0.1, -0.05) is 55.0 Å². The zero-order valence-corrected chi connectivity index (χ0v) is 15.4. The van der Waals surface area contributed by atoms with Crippen molar-refractivity contribution in [1.29, 1.82) is 0 Å². The molecule has 130 valence electrons. The van der Waals surface area contributed by atoms with Crippen molar-refractivity contribution in [3.63, 3.8) is 0 Å². The summed E-state index contributed by atoms with van der Waals surface area (Å²) in [6.07, 6.45) is 3.71. The summed E-state index contributed by atoms with van der Waals surface area (Å²) in [5, 5.41) is 4.80. The quantitative estimate of drug-likeness (QED) is 0.459. The highest BCUT2D eigenvalue weighted by Crippen LogP contribution is 2.27. The number of carbonyl (C=O) groups excluding carboxylic acids is 1. The predicted octanol–water partition coefficient (Wildman–Crippen LogP) is 5.47. The van der Waals surface area contributed by atoms with Gasteiger partial charge in [0.25, 0.3) is 0 Å². The molecule has 0 radical (unpaired) electrons. The number of likely N-dealkylation sites (tertiary alicyclic amines) is 1. The highest BCUT2D eigenvalue weighted by Gasteiger charge is 2.24. The molecule has 1 unspecified atom stereocenters. The standard InChI is InChI=1S/C22H23NO.ClH/c1-16(23-13-5-2-6-14-23)22(24)19-12-11-18-10-9-17-7-3-4-8-20(17)21(18)15-19;/h3-4,7-12,15-16H,2,5-6,13-14H2,1H3;1H. The van der Waals surface area contributed by atoms with Crippen molar-refractivity contribution >= 4 is 39.7 Å². The SMILES string of the molecule is CC(C(=O)c1ccc2ccc3ccccc3c2c1)N1CCCCC1.Cl. The first-order chi connectivity index (χ1) is 11.7. The van der Waals surface area contributed by atoms with E-state index in [1.54, 1.807) is 0 Å². The van der Waals surface area contributed by atoms with E-state index >= 15 is 0 Å². The van der Waals surface area contributed by atoms with E-state index in [1.165, 1.54) is 40.8 Å². The zero-order chi connectivity index (χ0) is 16.5. The molecule has 2 nitrogen and oxygen atoms in total. The second kappa shape index (κ2) is 7.55. The molecule has 0 aliphatic carbocycles. The second-order valence-corrected chi connectivity index (χ2v) is 6.86. The van der Waals surface area contributed by atoms with Crippen LogP contribution in [-0.2, 0) is 0 Å². The van der Waals surface area contributed by atoms with Crippen LogP contribution in [0.1, 0.15) is 36.5 Å². The Bertz CT molecular complexity index is 899. The summed E-state index contributed by atoms with van der Waals surface area (Å²) >= 11 is 0. The van der Waals surface area contributed by atoms with Crippen LogP contribution in [-0.4, -0.2) is 29.8 Å². The molecule has 1 saturated heterocycles. The fourth-order valence-electron chi connectivity index (χ4n) is 3.87. The van der Waals surface area contributed by atoms with Crippen LogP contribution >= 0.6 is 12.4 Å². The Labute approximate surface area is 155 Å². The third kappa shape index (κ3) is 3.42. The lowest BCUT2D eigenvalue weighted by Crippen LogP contribution is -2.42. The van der Waals surface area contributed by atoms with Gasteiger partial charge >= 0.3 is 0 Å². The lowest BCUT2D eigenvalue weighted by Gasteiger charge is -2.31. The summed E-state index contributed by atoms with van der Waals surface area (Å²) in [7, 11) is 0. The number of benzene rings is 3. The topological polar surface area (TPSA) is 20.3 Å². The van der Waals surface area contributed by atoms with Crippen LogP contribution in [0.2, 0.25) is 0 Å². The average molecular weight is 354 g/mol. The number of ketones is 1. The third-order valence-corrected chi connectivity index (χ3v) is 5.35. The molecule has 1 atom stereocenters. The maximum atomic E-state index is 13.0. The summed E-state index contributed by atoms with van der Waals surface area (Å²) in [6, 6.07) is 18.8. The Morgan fingerprint density at radius 2 is 1.52 bits per heavy atom. The molecule has 0 bridgehead atoms. The normalized spacial score (nSPS) is 16.5. The number of hydrogen-bond donors (Lipinski definition) is 0. The summed E-state index contributed by atoms with van der Waals surface area (Å²) in [5.41, 5.74) is 0.830. The maximum absolute atomic E-state index is 13.0. The minimum atomic E-state index is -0.0299. The second-order valence-electron chi connectivity index (χ2n) is 6.86. The Morgan fingerprint density at radius 3 is 2.28 bits per heavy atom. The van der Waals surface area contributed by atoms with Gasteiger partial charge in [0.15, 0.2) is 5.78 Å². The summed E-state index contributed by atoms with van der Waals surface area (Å²) in [6.45, 7) is 4.15. The molecular formula is C22H24ClNO. The highest BCUT2D eigenvalue weighted by atomic mass is 35.5. The van der Waals surface area contributed by atoms with Gasteiger partial charge in [0.05, 0.1) is 6.04 Å². The van der Waals surface area contributed by atoms with E-state index in [4.69, 9.17) is 0 Å². The first kappa shape index (κ1) is 17.9. The van der Waals surface area contributed by atoms with Crippen molar-refractivity contribution in [2.24, 2.45) is 0 Å². The number of rotatable bonds is 3. The Kier molecular flexibility index (Phi) is 5.41. The van der Waals surface area contributed by atoms with E-state index in [1.807, 2.05) is 6.07 Å². The van der Waals surface area contributed by atoms with E-state index in [9.17, 15) is 4.79 Å². The molecule has 0 N–H and O–H groups in total. The van der Waals surface area contributed by atoms with Crippen LogP contribution in [0.5, 0.6) is 0 Å². The van der Waals surface area contributed by atoms with Crippen LogP contribution in [0.3, 0.4) is 0 Å². The van der Waals surface area contributed by atoms with Gasteiger partial charge in [-0.25, -0.2) is 0 Å². The van der Waals surface area contributed by atoms with E-state index < -0.39 is 0 Å². The van der Waals surface area contributed by atoms with Crippen LogP contribution in [0.25, 0.3) is 21.5 Å². The predicted molar refractivity (Wildman–Crippen MR) is 108 cm³/mol. The molecule has 0 aromatic heterocycles. The van der Waals surface area contributed by atoms with Crippen molar-refractivity contribution in [3.8, 4) is 0 Å². The molecule has 3 aromatic carbocycles. The van der Waals surface area contributed by atoms with Gasteiger partial charge < -0.3 is 0 Å². The molecule has 1 aliphatic heterocycles. The number of hydrogen-bond acceptors (Lipinski definition) is 2. The monoisotopic (exact) mass is 353 g/mol. The van der Waals surface area contributed by atoms with Gasteiger partial charge in [-0.2, -0.15) is 0 Å².